The Bertz CT molecular complexity index is 240. The average molecular weight is 229 g/mol. The molecule has 0 aromatic rings. The van der Waals surface area contributed by atoms with E-state index >= 15 is 0 Å². The number of aliphatic hydroxyl groups is 1. The van der Waals surface area contributed by atoms with E-state index in [4.69, 9.17) is 4.74 Å². The lowest BCUT2D eigenvalue weighted by atomic mass is 9.95. The van der Waals surface area contributed by atoms with Crippen LogP contribution in [0.15, 0.2) is 0 Å². The predicted octanol–water partition coefficient (Wildman–Crippen LogP) is 1.03. The molecule has 1 aliphatic rings. The highest BCUT2D eigenvalue weighted by atomic mass is 16.5. The van der Waals surface area contributed by atoms with Crippen molar-refractivity contribution in [3.8, 4) is 0 Å². The minimum atomic E-state index is -0.655. The van der Waals surface area contributed by atoms with Crippen LogP contribution in [0.5, 0.6) is 0 Å². The molecular formula is C12H23NO3. The van der Waals surface area contributed by atoms with Gasteiger partial charge in [-0.25, -0.2) is 0 Å². The molecule has 1 saturated heterocycles. The normalized spacial score (nSPS) is 26.1. The van der Waals surface area contributed by atoms with Gasteiger partial charge in [-0.2, -0.15) is 0 Å². The molecule has 0 aromatic heterocycles. The summed E-state index contributed by atoms with van der Waals surface area (Å²) < 4.78 is 4.77. The first-order valence-electron chi connectivity index (χ1n) is 6.01. The van der Waals surface area contributed by atoms with Crippen molar-refractivity contribution >= 4 is 5.97 Å². The average Bonchev–Trinajstić information content (AvgIpc) is 2.28. The molecule has 2 atom stereocenters. The third kappa shape index (κ3) is 3.76. The summed E-state index contributed by atoms with van der Waals surface area (Å²) in [7, 11) is 1.43. The monoisotopic (exact) mass is 229 g/mol. The number of esters is 1. The molecule has 4 heteroatoms. The van der Waals surface area contributed by atoms with Gasteiger partial charge in [0.05, 0.1) is 18.6 Å². The SMILES string of the molecule is CCC(C)(O)CN1CCC[C@H](C(=O)OC)C1. The molecule has 0 bridgehead atoms. The van der Waals surface area contributed by atoms with E-state index in [-0.39, 0.29) is 11.9 Å². The van der Waals surface area contributed by atoms with Crippen LogP contribution in [0.25, 0.3) is 0 Å². The van der Waals surface area contributed by atoms with Crippen molar-refractivity contribution in [1.29, 1.82) is 0 Å². The fraction of sp³-hybridized carbons (Fsp3) is 0.917. The van der Waals surface area contributed by atoms with Crippen molar-refractivity contribution in [3.63, 3.8) is 0 Å². The van der Waals surface area contributed by atoms with Crippen LogP contribution in [0.3, 0.4) is 0 Å². The molecule has 94 valence electrons. The summed E-state index contributed by atoms with van der Waals surface area (Å²) in [5.74, 6) is -0.146. The lowest BCUT2D eigenvalue weighted by Gasteiger charge is -2.35. The van der Waals surface area contributed by atoms with Crippen molar-refractivity contribution in [3.05, 3.63) is 0 Å². The Labute approximate surface area is 97.6 Å². The number of ether oxygens (including phenoxy) is 1. The van der Waals surface area contributed by atoms with Crippen molar-refractivity contribution in [2.24, 2.45) is 5.92 Å². The van der Waals surface area contributed by atoms with Gasteiger partial charge in [-0.1, -0.05) is 6.92 Å². The second kappa shape index (κ2) is 5.64. The Balaban J connectivity index is 2.48. The van der Waals surface area contributed by atoms with Crippen LogP contribution < -0.4 is 0 Å². The van der Waals surface area contributed by atoms with Gasteiger partial charge in [0, 0.05) is 13.1 Å². The Kier molecular flexibility index (Phi) is 4.74. The summed E-state index contributed by atoms with van der Waals surface area (Å²) in [6.45, 7) is 6.12. The molecule has 4 nitrogen and oxygen atoms in total. The van der Waals surface area contributed by atoms with Gasteiger partial charge in [-0.05, 0) is 32.7 Å². The number of carbonyl (C=O) groups is 1. The standard InChI is InChI=1S/C12H23NO3/c1-4-12(2,15)9-13-7-5-6-10(8-13)11(14)16-3/h10,15H,4-9H2,1-3H3/t10-,12?/m0/s1. The molecule has 1 fully saturated rings. The highest BCUT2D eigenvalue weighted by Crippen LogP contribution is 2.20. The van der Waals surface area contributed by atoms with E-state index in [0.29, 0.717) is 13.1 Å². The van der Waals surface area contributed by atoms with Crippen molar-refractivity contribution in [2.75, 3.05) is 26.7 Å². The number of methoxy groups -OCH3 is 1. The van der Waals surface area contributed by atoms with Gasteiger partial charge >= 0.3 is 5.97 Å². The quantitative estimate of drug-likeness (QED) is 0.732. The molecular weight excluding hydrogens is 206 g/mol. The molecule has 1 aliphatic heterocycles. The van der Waals surface area contributed by atoms with Crippen LogP contribution in [-0.4, -0.2) is 48.3 Å². The first-order chi connectivity index (χ1) is 7.48. The predicted molar refractivity (Wildman–Crippen MR) is 62.1 cm³/mol. The van der Waals surface area contributed by atoms with Crippen LogP contribution in [0.2, 0.25) is 0 Å². The zero-order valence-electron chi connectivity index (χ0n) is 10.5. The van der Waals surface area contributed by atoms with E-state index < -0.39 is 5.60 Å². The third-order valence-electron chi connectivity index (χ3n) is 3.37. The molecule has 0 spiro atoms. The van der Waals surface area contributed by atoms with Crippen LogP contribution in [0, 0.1) is 5.92 Å². The van der Waals surface area contributed by atoms with Crippen molar-refractivity contribution < 1.29 is 14.6 Å². The first kappa shape index (κ1) is 13.5. The summed E-state index contributed by atoms with van der Waals surface area (Å²) >= 11 is 0. The number of hydrogen-bond acceptors (Lipinski definition) is 4. The minimum absolute atomic E-state index is 0.0218. The van der Waals surface area contributed by atoms with Gasteiger partial charge in [-0.3, -0.25) is 9.69 Å². The Morgan fingerprint density at radius 2 is 2.31 bits per heavy atom. The number of likely N-dealkylation sites (tertiary alicyclic amines) is 1. The van der Waals surface area contributed by atoms with Gasteiger partial charge < -0.3 is 9.84 Å². The lowest BCUT2D eigenvalue weighted by Crippen LogP contribution is -2.46. The van der Waals surface area contributed by atoms with E-state index in [1.165, 1.54) is 7.11 Å². The van der Waals surface area contributed by atoms with E-state index in [1.807, 2.05) is 13.8 Å². The van der Waals surface area contributed by atoms with E-state index in [9.17, 15) is 9.90 Å². The van der Waals surface area contributed by atoms with Gasteiger partial charge in [0.1, 0.15) is 0 Å². The van der Waals surface area contributed by atoms with Crippen LogP contribution in [-0.2, 0) is 9.53 Å². The van der Waals surface area contributed by atoms with E-state index in [1.54, 1.807) is 0 Å². The highest BCUT2D eigenvalue weighted by Gasteiger charge is 2.30. The molecule has 0 amide bonds. The van der Waals surface area contributed by atoms with Crippen molar-refractivity contribution in [1.82, 2.24) is 4.90 Å². The maximum absolute atomic E-state index is 11.4. The molecule has 0 saturated carbocycles. The number of rotatable bonds is 4. The Morgan fingerprint density at radius 3 is 2.88 bits per heavy atom. The summed E-state index contributed by atoms with van der Waals surface area (Å²) in [6.07, 6.45) is 2.63. The second-order valence-electron chi connectivity index (χ2n) is 4.95. The summed E-state index contributed by atoms with van der Waals surface area (Å²) in [5, 5.41) is 10.00. The third-order valence-corrected chi connectivity index (χ3v) is 3.37. The van der Waals surface area contributed by atoms with Gasteiger partial charge in [0.2, 0.25) is 0 Å². The molecule has 1 heterocycles. The largest absolute Gasteiger partial charge is 0.469 e. The topological polar surface area (TPSA) is 49.8 Å². The Morgan fingerprint density at radius 1 is 1.62 bits per heavy atom. The van der Waals surface area contributed by atoms with Crippen molar-refractivity contribution in [2.45, 2.75) is 38.7 Å². The highest BCUT2D eigenvalue weighted by molar-refractivity contribution is 5.72. The minimum Gasteiger partial charge on any atom is -0.469 e. The number of hydrogen-bond donors (Lipinski definition) is 1. The first-order valence-corrected chi connectivity index (χ1v) is 6.01. The van der Waals surface area contributed by atoms with Gasteiger partial charge in [0.25, 0.3) is 0 Å². The van der Waals surface area contributed by atoms with Crippen LogP contribution in [0.1, 0.15) is 33.1 Å². The number of piperidine rings is 1. The second-order valence-corrected chi connectivity index (χ2v) is 4.95. The van der Waals surface area contributed by atoms with E-state index in [0.717, 1.165) is 25.8 Å². The summed E-state index contributed by atoms with van der Waals surface area (Å²) in [5.41, 5.74) is -0.655. The fourth-order valence-corrected chi connectivity index (χ4v) is 2.15. The zero-order valence-corrected chi connectivity index (χ0v) is 10.5. The number of carbonyl (C=O) groups excluding carboxylic acids is 1. The maximum Gasteiger partial charge on any atom is 0.309 e. The Hall–Kier alpha value is -0.610. The van der Waals surface area contributed by atoms with E-state index in [2.05, 4.69) is 4.90 Å². The van der Waals surface area contributed by atoms with Crippen LogP contribution >= 0.6 is 0 Å². The lowest BCUT2D eigenvalue weighted by molar-refractivity contribution is -0.147. The summed E-state index contributed by atoms with van der Waals surface area (Å²) in [4.78, 5) is 13.6. The van der Waals surface area contributed by atoms with Gasteiger partial charge in [0.15, 0.2) is 0 Å². The number of nitrogens with zero attached hydrogens (tertiary/aromatic N) is 1. The molecule has 0 aliphatic carbocycles. The molecule has 16 heavy (non-hydrogen) atoms. The number of β-amino-alcohol motifs (C(OH)–C–C–N with tert-alkyl or cyclic N) is 1. The fourth-order valence-electron chi connectivity index (χ4n) is 2.15. The van der Waals surface area contributed by atoms with Gasteiger partial charge in [-0.15, -0.1) is 0 Å². The zero-order chi connectivity index (χ0) is 12.2. The molecule has 1 N–H and O–H groups in total. The molecule has 1 rings (SSSR count). The van der Waals surface area contributed by atoms with Crippen LogP contribution in [0.4, 0.5) is 0 Å². The maximum atomic E-state index is 11.4. The summed E-state index contributed by atoms with van der Waals surface area (Å²) in [6, 6.07) is 0. The smallest absolute Gasteiger partial charge is 0.309 e. The molecule has 0 aromatic carbocycles. The molecule has 0 radical (unpaired) electrons. The molecule has 1 unspecified atom stereocenters.